The lowest BCUT2D eigenvalue weighted by Crippen LogP contribution is -2.06. The van der Waals surface area contributed by atoms with Gasteiger partial charge < -0.3 is 5.73 Å². The van der Waals surface area contributed by atoms with E-state index in [4.69, 9.17) is 5.73 Å². The lowest BCUT2D eigenvalue weighted by atomic mass is 10.1. The van der Waals surface area contributed by atoms with Gasteiger partial charge in [-0.25, -0.2) is 0 Å². The third-order valence-electron chi connectivity index (χ3n) is 3.76. The average molecular weight is 348 g/mol. The van der Waals surface area contributed by atoms with Gasteiger partial charge in [0.05, 0.1) is 0 Å². The van der Waals surface area contributed by atoms with Gasteiger partial charge in [0.1, 0.15) is 0 Å². The molecule has 20 heavy (non-hydrogen) atoms. The van der Waals surface area contributed by atoms with Crippen molar-refractivity contribution in [3.8, 4) is 0 Å². The zero-order valence-electron chi connectivity index (χ0n) is 11.5. The van der Waals surface area contributed by atoms with Gasteiger partial charge in [-0.05, 0) is 73.2 Å². The van der Waals surface area contributed by atoms with Crippen molar-refractivity contribution in [2.24, 2.45) is 5.73 Å². The van der Waals surface area contributed by atoms with Gasteiger partial charge in [-0.3, -0.25) is 0 Å². The van der Waals surface area contributed by atoms with E-state index in [1.165, 1.54) is 45.7 Å². The zero-order valence-corrected chi connectivity index (χ0v) is 13.9. The molecule has 0 aliphatic heterocycles. The Morgan fingerprint density at radius 2 is 1.90 bits per heavy atom. The summed E-state index contributed by atoms with van der Waals surface area (Å²) in [5.74, 6) is 0. The quantitative estimate of drug-likeness (QED) is 0.834. The van der Waals surface area contributed by atoms with E-state index < -0.39 is 0 Å². The number of hydrogen-bond acceptors (Lipinski definition) is 2. The standard InChI is InChI=1S/C17H18BrNS/c1-11(19)16-10-14(18)6-8-17(16)20-15-7-5-12-3-2-4-13(12)9-15/h5-11H,2-4,19H2,1H3. The van der Waals surface area contributed by atoms with E-state index in [0.717, 1.165) is 4.47 Å². The van der Waals surface area contributed by atoms with Gasteiger partial charge in [0.2, 0.25) is 0 Å². The van der Waals surface area contributed by atoms with Gasteiger partial charge >= 0.3 is 0 Å². The Morgan fingerprint density at radius 1 is 1.10 bits per heavy atom. The van der Waals surface area contributed by atoms with Crippen molar-refractivity contribution in [2.45, 2.75) is 42.0 Å². The summed E-state index contributed by atoms with van der Waals surface area (Å²) in [6.07, 6.45) is 3.76. The Balaban J connectivity index is 1.91. The van der Waals surface area contributed by atoms with Gasteiger partial charge in [-0.1, -0.05) is 33.8 Å². The number of benzene rings is 2. The zero-order chi connectivity index (χ0) is 14.1. The van der Waals surface area contributed by atoms with Crippen molar-refractivity contribution in [1.29, 1.82) is 0 Å². The molecule has 0 saturated carbocycles. The SMILES string of the molecule is CC(N)c1cc(Br)ccc1Sc1ccc2c(c1)CCC2. The van der Waals surface area contributed by atoms with Crippen molar-refractivity contribution in [2.75, 3.05) is 0 Å². The molecule has 0 bridgehead atoms. The minimum Gasteiger partial charge on any atom is -0.324 e. The van der Waals surface area contributed by atoms with Crippen LogP contribution in [0.5, 0.6) is 0 Å². The maximum Gasteiger partial charge on any atom is 0.0277 e. The van der Waals surface area contributed by atoms with E-state index in [1.54, 1.807) is 0 Å². The Bertz CT molecular complexity index is 637. The van der Waals surface area contributed by atoms with Crippen molar-refractivity contribution >= 4 is 27.7 Å². The molecule has 1 nitrogen and oxygen atoms in total. The molecule has 2 N–H and O–H groups in total. The highest BCUT2D eigenvalue weighted by Gasteiger charge is 2.13. The first-order chi connectivity index (χ1) is 9.63. The largest absolute Gasteiger partial charge is 0.324 e. The van der Waals surface area contributed by atoms with E-state index in [2.05, 4.69) is 52.3 Å². The molecule has 104 valence electrons. The lowest BCUT2D eigenvalue weighted by molar-refractivity contribution is 0.796. The molecule has 0 fully saturated rings. The third-order valence-corrected chi connectivity index (χ3v) is 5.33. The lowest BCUT2D eigenvalue weighted by Gasteiger charge is -2.13. The molecular formula is C17H18BrNS. The fourth-order valence-electron chi connectivity index (χ4n) is 2.71. The predicted octanol–water partition coefficient (Wildman–Crippen LogP) is 5.11. The maximum absolute atomic E-state index is 6.09. The van der Waals surface area contributed by atoms with Gasteiger partial charge in [0.15, 0.2) is 0 Å². The number of fused-ring (bicyclic) bond motifs is 1. The molecule has 0 aromatic heterocycles. The highest BCUT2D eigenvalue weighted by atomic mass is 79.9. The van der Waals surface area contributed by atoms with E-state index in [-0.39, 0.29) is 6.04 Å². The minimum atomic E-state index is 0.0458. The Morgan fingerprint density at radius 3 is 2.70 bits per heavy atom. The van der Waals surface area contributed by atoms with Crippen LogP contribution in [-0.2, 0) is 12.8 Å². The molecule has 0 spiro atoms. The van der Waals surface area contributed by atoms with E-state index in [9.17, 15) is 0 Å². The minimum absolute atomic E-state index is 0.0458. The summed E-state index contributed by atoms with van der Waals surface area (Å²) in [6.45, 7) is 2.04. The Labute approximate surface area is 133 Å². The van der Waals surface area contributed by atoms with Crippen LogP contribution in [0.4, 0.5) is 0 Å². The molecule has 0 radical (unpaired) electrons. The number of aryl methyl sites for hydroxylation is 2. The van der Waals surface area contributed by atoms with Crippen molar-refractivity contribution in [1.82, 2.24) is 0 Å². The van der Waals surface area contributed by atoms with E-state index >= 15 is 0 Å². The fourth-order valence-corrected chi connectivity index (χ4v) is 4.18. The smallest absolute Gasteiger partial charge is 0.0277 e. The van der Waals surface area contributed by atoms with Crippen molar-refractivity contribution < 1.29 is 0 Å². The van der Waals surface area contributed by atoms with Gasteiger partial charge in [-0.2, -0.15) is 0 Å². The second-order valence-corrected chi connectivity index (χ2v) is 7.39. The summed E-state index contributed by atoms with van der Waals surface area (Å²) < 4.78 is 1.09. The summed E-state index contributed by atoms with van der Waals surface area (Å²) in [5, 5.41) is 0. The maximum atomic E-state index is 6.09. The first-order valence-electron chi connectivity index (χ1n) is 6.98. The summed E-state index contributed by atoms with van der Waals surface area (Å²) >= 11 is 5.34. The predicted molar refractivity (Wildman–Crippen MR) is 89.3 cm³/mol. The molecule has 2 aromatic carbocycles. The summed E-state index contributed by atoms with van der Waals surface area (Å²) in [7, 11) is 0. The van der Waals surface area contributed by atoms with Crippen LogP contribution in [0.1, 0.15) is 36.1 Å². The van der Waals surface area contributed by atoms with Crippen LogP contribution >= 0.6 is 27.7 Å². The molecule has 0 saturated heterocycles. The van der Waals surface area contributed by atoms with Crippen LogP contribution in [0.25, 0.3) is 0 Å². The Hall–Kier alpha value is -0.770. The van der Waals surface area contributed by atoms with Crippen LogP contribution < -0.4 is 5.73 Å². The molecule has 1 unspecified atom stereocenters. The number of hydrogen-bond donors (Lipinski definition) is 1. The van der Waals surface area contributed by atoms with Gasteiger partial charge in [0, 0.05) is 20.3 Å². The van der Waals surface area contributed by atoms with Crippen LogP contribution in [-0.4, -0.2) is 0 Å². The first kappa shape index (κ1) is 14.2. The van der Waals surface area contributed by atoms with Crippen molar-refractivity contribution in [3.63, 3.8) is 0 Å². The molecule has 2 aromatic rings. The summed E-state index contributed by atoms with van der Waals surface area (Å²) in [4.78, 5) is 2.57. The van der Waals surface area contributed by atoms with E-state index in [1.807, 2.05) is 18.7 Å². The molecule has 3 rings (SSSR count). The molecule has 3 heteroatoms. The summed E-state index contributed by atoms with van der Waals surface area (Å²) in [6, 6.07) is 13.3. The second kappa shape index (κ2) is 5.92. The monoisotopic (exact) mass is 347 g/mol. The molecule has 0 amide bonds. The van der Waals surface area contributed by atoms with Crippen LogP contribution in [0.15, 0.2) is 50.7 Å². The van der Waals surface area contributed by atoms with Crippen LogP contribution in [0.2, 0.25) is 0 Å². The van der Waals surface area contributed by atoms with Gasteiger partial charge in [-0.15, -0.1) is 0 Å². The fraction of sp³-hybridized carbons (Fsp3) is 0.294. The molecule has 1 aliphatic rings. The molecule has 0 heterocycles. The van der Waals surface area contributed by atoms with Crippen molar-refractivity contribution in [3.05, 3.63) is 57.6 Å². The number of rotatable bonds is 3. The second-order valence-electron chi connectivity index (χ2n) is 5.36. The summed E-state index contributed by atoms with van der Waals surface area (Å²) in [5.41, 5.74) is 10.3. The average Bonchev–Trinajstić information content (AvgIpc) is 2.88. The van der Waals surface area contributed by atoms with Crippen LogP contribution in [0, 0.1) is 0 Å². The highest BCUT2D eigenvalue weighted by molar-refractivity contribution is 9.10. The highest BCUT2D eigenvalue weighted by Crippen LogP contribution is 2.36. The first-order valence-corrected chi connectivity index (χ1v) is 8.59. The third kappa shape index (κ3) is 2.95. The number of nitrogens with two attached hydrogens (primary N) is 1. The number of halogens is 1. The molecular weight excluding hydrogens is 330 g/mol. The van der Waals surface area contributed by atoms with E-state index in [0.29, 0.717) is 0 Å². The topological polar surface area (TPSA) is 26.0 Å². The van der Waals surface area contributed by atoms with Gasteiger partial charge in [0.25, 0.3) is 0 Å². The molecule has 1 aliphatic carbocycles. The normalized spacial score (nSPS) is 15.2. The van der Waals surface area contributed by atoms with Crippen LogP contribution in [0.3, 0.4) is 0 Å². The Kier molecular flexibility index (Phi) is 4.20. The molecule has 1 atom stereocenters.